The average Bonchev–Trinajstić information content (AvgIpc) is 3.16. The summed E-state index contributed by atoms with van der Waals surface area (Å²) in [5.41, 5.74) is 5.25. The maximum absolute atomic E-state index is 13.0. The average molecular weight is 526 g/mol. The second-order valence-corrected chi connectivity index (χ2v) is 9.28. The lowest BCUT2D eigenvalue weighted by Gasteiger charge is -2.16. The Kier molecular flexibility index (Phi) is 8.46. The van der Waals surface area contributed by atoms with Crippen LogP contribution < -0.4 is 20.1 Å². The molecule has 0 unspecified atom stereocenters. The van der Waals surface area contributed by atoms with Crippen molar-refractivity contribution in [1.29, 1.82) is 0 Å². The third-order valence-electron chi connectivity index (χ3n) is 6.12. The quantitative estimate of drug-likeness (QED) is 0.217. The fraction of sp³-hybridized carbons (Fsp3) is 0.194. The van der Waals surface area contributed by atoms with Gasteiger partial charge in [-0.1, -0.05) is 48.0 Å². The Bertz CT molecular complexity index is 1440. The molecule has 4 rings (SSSR count). The van der Waals surface area contributed by atoms with Crippen LogP contribution in [0.3, 0.4) is 0 Å². The Morgan fingerprint density at radius 1 is 1.05 bits per heavy atom. The highest BCUT2D eigenvalue weighted by atomic mass is 16.5. The molecule has 0 aromatic heterocycles. The maximum atomic E-state index is 13.0. The Labute approximate surface area is 227 Å². The summed E-state index contributed by atoms with van der Waals surface area (Å²) in [6, 6.07) is 18.3. The van der Waals surface area contributed by atoms with Crippen LogP contribution in [0.15, 0.2) is 79.0 Å². The first-order valence-corrected chi connectivity index (χ1v) is 12.5. The monoisotopic (exact) mass is 525 g/mol. The molecule has 1 fully saturated rings. The van der Waals surface area contributed by atoms with E-state index in [9.17, 15) is 14.4 Å². The third kappa shape index (κ3) is 6.73. The lowest BCUT2D eigenvalue weighted by molar-refractivity contribution is -0.127. The molecule has 0 aliphatic carbocycles. The molecule has 0 spiro atoms. The van der Waals surface area contributed by atoms with Crippen molar-refractivity contribution in [2.75, 3.05) is 19.0 Å². The summed E-state index contributed by atoms with van der Waals surface area (Å²) in [6.07, 6.45) is 3.81. The van der Waals surface area contributed by atoms with Crippen LogP contribution in [0.4, 0.5) is 10.5 Å². The van der Waals surface area contributed by atoms with E-state index in [1.54, 1.807) is 37.5 Å². The molecule has 0 saturated carbocycles. The van der Waals surface area contributed by atoms with E-state index >= 15 is 0 Å². The number of ether oxygens (including phenoxy) is 2. The lowest BCUT2D eigenvalue weighted by atomic mass is 10.0. The van der Waals surface area contributed by atoms with Gasteiger partial charge in [0.05, 0.1) is 7.11 Å². The highest BCUT2D eigenvalue weighted by molar-refractivity contribution is 6.16. The number of anilines is 1. The van der Waals surface area contributed by atoms with Crippen LogP contribution in [-0.2, 0) is 22.6 Å². The van der Waals surface area contributed by atoms with Crippen LogP contribution in [0.1, 0.15) is 27.8 Å². The molecule has 1 saturated heterocycles. The molecule has 1 aliphatic rings. The third-order valence-corrected chi connectivity index (χ3v) is 6.12. The molecule has 8 nitrogen and oxygen atoms in total. The van der Waals surface area contributed by atoms with Gasteiger partial charge in [0, 0.05) is 11.3 Å². The summed E-state index contributed by atoms with van der Waals surface area (Å²) in [4.78, 5) is 38.9. The number of amides is 4. The van der Waals surface area contributed by atoms with Crippen molar-refractivity contribution < 1.29 is 23.9 Å². The summed E-state index contributed by atoms with van der Waals surface area (Å²) in [7, 11) is 1.54. The number of aryl methyl sites for hydroxylation is 2. The van der Waals surface area contributed by atoms with Gasteiger partial charge in [0.1, 0.15) is 18.8 Å². The van der Waals surface area contributed by atoms with Gasteiger partial charge in [-0.05, 0) is 67.3 Å². The molecule has 3 aromatic carbocycles. The smallest absolute Gasteiger partial charge is 0.329 e. The van der Waals surface area contributed by atoms with Crippen molar-refractivity contribution in [3.8, 4) is 11.5 Å². The summed E-state index contributed by atoms with van der Waals surface area (Å²) < 4.78 is 11.7. The van der Waals surface area contributed by atoms with Gasteiger partial charge in [0.15, 0.2) is 11.5 Å². The minimum absolute atomic E-state index is 0.0586. The number of methoxy groups -OCH3 is 1. The number of carbonyl (C=O) groups is 3. The Hall–Kier alpha value is -4.85. The number of allylic oxidation sites excluding steroid dienone is 1. The number of urea groups is 1. The predicted molar refractivity (Wildman–Crippen MR) is 150 cm³/mol. The first-order chi connectivity index (χ1) is 18.8. The fourth-order valence-corrected chi connectivity index (χ4v) is 4.18. The molecule has 1 heterocycles. The Balaban J connectivity index is 1.52. The van der Waals surface area contributed by atoms with Gasteiger partial charge in [0.2, 0.25) is 5.91 Å². The Morgan fingerprint density at radius 3 is 2.51 bits per heavy atom. The molecule has 0 bridgehead atoms. The van der Waals surface area contributed by atoms with Gasteiger partial charge in [0.25, 0.3) is 5.91 Å². The lowest BCUT2D eigenvalue weighted by Crippen LogP contribution is -2.38. The van der Waals surface area contributed by atoms with Crippen molar-refractivity contribution in [2.45, 2.75) is 26.9 Å². The standard InChI is InChI=1S/C31H31N3O5/c1-5-7-24-15-23(17-27(38-4)29(24)39-19-22-12-10-20(2)11-13-22)16-26-30(36)34(31(37)33-26)18-28(35)32-25-9-6-8-21(3)14-25/h5-6,8-17H,1,7,18-19H2,2-4H3,(H,32,35)(H,33,37)/b26-16+. The first kappa shape index (κ1) is 27.2. The van der Waals surface area contributed by atoms with Crippen molar-refractivity contribution in [3.63, 3.8) is 0 Å². The summed E-state index contributed by atoms with van der Waals surface area (Å²) in [5.74, 6) is -0.00507. The second-order valence-electron chi connectivity index (χ2n) is 9.28. The van der Waals surface area contributed by atoms with Gasteiger partial charge in [-0.3, -0.25) is 9.59 Å². The van der Waals surface area contributed by atoms with E-state index in [1.165, 1.54) is 5.56 Å². The van der Waals surface area contributed by atoms with Crippen molar-refractivity contribution in [3.05, 3.63) is 107 Å². The van der Waals surface area contributed by atoms with E-state index in [0.29, 0.717) is 35.8 Å². The van der Waals surface area contributed by atoms with Gasteiger partial charge in [-0.2, -0.15) is 0 Å². The van der Waals surface area contributed by atoms with Crippen molar-refractivity contribution >= 4 is 29.6 Å². The van der Waals surface area contributed by atoms with Crippen LogP contribution >= 0.6 is 0 Å². The molecule has 1 aliphatic heterocycles. The molecule has 0 radical (unpaired) electrons. The Morgan fingerprint density at radius 2 is 1.82 bits per heavy atom. The summed E-state index contributed by atoms with van der Waals surface area (Å²) >= 11 is 0. The molecule has 2 N–H and O–H groups in total. The SMILES string of the molecule is C=CCc1cc(/C=C2/NC(=O)N(CC(=O)Nc3cccc(C)c3)C2=O)cc(OC)c1OCc1ccc(C)cc1. The van der Waals surface area contributed by atoms with Crippen LogP contribution in [0.2, 0.25) is 0 Å². The van der Waals surface area contributed by atoms with E-state index < -0.39 is 24.4 Å². The fourth-order valence-electron chi connectivity index (χ4n) is 4.18. The van der Waals surface area contributed by atoms with E-state index in [1.807, 2.05) is 56.3 Å². The van der Waals surface area contributed by atoms with E-state index in [0.717, 1.165) is 21.6 Å². The highest BCUT2D eigenvalue weighted by Crippen LogP contribution is 2.35. The van der Waals surface area contributed by atoms with E-state index in [2.05, 4.69) is 17.2 Å². The molecular formula is C31H31N3O5. The molecule has 0 atom stereocenters. The summed E-state index contributed by atoms with van der Waals surface area (Å²) in [5, 5.41) is 5.27. The number of hydrogen-bond donors (Lipinski definition) is 2. The zero-order valence-corrected chi connectivity index (χ0v) is 22.2. The highest BCUT2D eigenvalue weighted by Gasteiger charge is 2.35. The predicted octanol–water partition coefficient (Wildman–Crippen LogP) is 5.15. The number of carbonyl (C=O) groups excluding carboxylic acids is 3. The largest absolute Gasteiger partial charge is 0.493 e. The first-order valence-electron chi connectivity index (χ1n) is 12.5. The van der Waals surface area contributed by atoms with E-state index in [-0.39, 0.29) is 5.70 Å². The topological polar surface area (TPSA) is 97.0 Å². The van der Waals surface area contributed by atoms with Crippen molar-refractivity contribution in [1.82, 2.24) is 10.2 Å². The van der Waals surface area contributed by atoms with Gasteiger partial charge in [-0.25, -0.2) is 9.69 Å². The minimum atomic E-state index is -0.665. The van der Waals surface area contributed by atoms with E-state index in [4.69, 9.17) is 9.47 Å². The van der Waals surface area contributed by atoms with Gasteiger partial charge >= 0.3 is 6.03 Å². The number of imide groups is 1. The van der Waals surface area contributed by atoms with Crippen LogP contribution in [0, 0.1) is 13.8 Å². The van der Waals surface area contributed by atoms with Gasteiger partial charge in [-0.15, -0.1) is 6.58 Å². The molecule has 8 heteroatoms. The molecule has 39 heavy (non-hydrogen) atoms. The minimum Gasteiger partial charge on any atom is -0.493 e. The maximum Gasteiger partial charge on any atom is 0.329 e. The van der Waals surface area contributed by atoms with Crippen molar-refractivity contribution in [2.24, 2.45) is 0 Å². The van der Waals surface area contributed by atoms with Crippen LogP contribution in [0.25, 0.3) is 6.08 Å². The number of nitrogens with one attached hydrogen (secondary N) is 2. The number of benzene rings is 3. The number of rotatable bonds is 10. The second kappa shape index (κ2) is 12.1. The molecular weight excluding hydrogens is 494 g/mol. The zero-order valence-electron chi connectivity index (χ0n) is 22.2. The van der Waals surface area contributed by atoms with Crippen LogP contribution in [-0.4, -0.2) is 36.4 Å². The van der Waals surface area contributed by atoms with Gasteiger partial charge < -0.3 is 20.1 Å². The normalized spacial score (nSPS) is 13.8. The zero-order chi connectivity index (χ0) is 27.9. The molecule has 4 amide bonds. The van der Waals surface area contributed by atoms with Crippen LogP contribution in [0.5, 0.6) is 11.5 Å². The molecule has 3 aromatic rings. The number of hydrogen-bond acceptors (Lipinski definition) is 5. The number of nitrogens with zero attached hydrogens (tertiary/aromatic N) is 1. The summed E-state index contributed by atoms with van der Waals surface area (Å²) in [6.45, 7) is 7.72. The molecule has 200 valence electrons.